The first kappa shape index (κ1) is 13.0. The van der Waals surface area contributed by atoms with Crippen LogP contribution >= 0.6 is 0 Å². The summed E-state index contributed by atoms with van der Waals surface area (Å²) in [5.41, 5.74) is 1.43. The Morgan fingerprint density at radius 1 is 1.24 bits per heavy atom. The van der Waals surface area contributed by atoms with Gasteiger partial charge in [0.05, 0.1) is 12.5 Å². The van der Waals surface area contributed by atoms with E-state index < -0.39 is 17.5 Å². The minimum absolute atomic E-state index is 0.231. The highest BCUT2D eigenvalue weighted by Gasteiger charge is 2.50. The van der Waals surface area contributed by atoms with Gasteiger partial charge in [-0.05, 0) is 42.5 Å². The third kappa shape index (κ3) is 1.83. The van der Waals surface area contributed by atoms with E-state index in [2.05, 4.69) is 0 Å². The lowest BCUT2D eigenvalue weighted by molar-refractivity contribution is -0.169. The molecule has 0 amide bonds. The summed E-state index contributed by atoms with van der Waals surface area (Å²) in [6, 6.07) is 3.94. The topological polar surface area (TPSA) is 65.0 Å². The van der Waals surface area contributed by atoms with E-state index in [-0.39, 0.29) is 6.79 Å². The number of fused-ring (bicyclic) bond motifs is 3. The normalized spacial score (nSPS) is 30.2. The van der Waals surface area contributed by atoms with Crippen LogP contribution in [0.5, 0.6) is 11.5 Å². The molecule has 1 spiro atoms. The van der Waals surface area contributed by atoms with Crippen LogP contribution in [-0.2, 0) is 21.6 Å². The Kier molecular flexibility index (Phi) is 2.85. The molecule has 1 saturated carbocycles. The number of carboxylic acids is 1. The standard InChI is InChI=1S/C16H18O5/c17-15(18)11-3-1-2-5-16(11)12-8-14-13(19-9-20-14)7-10(12)4-6-21-16/h7-8,11H,1-6,9H2,(H,17,18)/t11-,16-/m0/s1. The van der Waals surface area contributed by atoms with Crippen molar-refractivity contribution in [3.8, 4) is 11.5 Å². The van der Waals surface area contributed by atoms with E-state index in [1.807, 2.05) is 12.1 Å². The van der Waals surface area contributed by atoms with Crippen molar-refractivity contribution in [3.05, 3.63) is 23.3 Å². The Balaban J connectivity index is 1.86. The van der Waals surface area contributed by atoms with Crippen LogP contribution < -0.4 is 9.47 Å². The molecule has 0 bridgehead atoms. The SMILES string of the molecule is O=C(O)[C@@H]1CCCC[C@]12OCCc1cc3c(cc12)OCO3. The monoisotopic (exact) mass is 290 g/mol. The summed E-state index contributed by atoms with van der Waals surface area (Å²) in [6.45, 7) is 0.796. The van der Waals surface area contributed by atoms with Crippen LogP contribution in [0.3, 0.4) is 0 Å². The Morgan fingerprint density at radius 2 is 2.05 bits per heavy atom. The Labute approximate surface area is 122 Å². The van der Waals surface area contributed by atoms with E-state index in [1.54, 1.807) is 0 Å². The average molecular weight is 290 g/mol. The smallest absolute Gasteiger partial charge is 0.309 e. The largest absolute Gasteiger partial charge is 0.481 e. The third-order valence-corrected chi connectivity index (χ3v) is 4.94. The molecule has 2 heterocycles. The first-order valence-electron chi connectivity index (χ1n) is 7.50. The second-order valence-corrected chi connectivity index (χ2v) is 5.99. The molecule has 1 N–H and O–H groups in total. The van der Waals surface area contributed by atoms with Crippen molar-refractivity contribution in [1.82, 2.24) is 0 Å². The lowest BCUT2D eigenvalue weighted by Gasteiger charge is -2.45. The van der Waals surface area contributed by atoms with Gasteiger partial charge in [0.15, 0.2) is 11.5 Å². The van der Waals surface area contributed by atoms with Gasteiger partial charge in [0.1, 0.15) is 5.60 Å². The van der Waals surface area contributed by atoms with E-state index in [0.717, 1.165) is 42.6 Å². The first-order valence-corrected chi connectivity index (χ1v) is 7.50. The molecule has 21 heavy (non-hydrogen) atoms. The molecule has 2 atom stereocenters. The molecule has 5 nitrogen and oxygen atoms in total. The van der Waals surface area contributed by atoms with Gasteiger partial charge >= 0.3 is 5.97 Å². The van der Waals surface area contributed by atoms with Crippen LogP contribution in [0.25, 0.3) is 0 Å². The predicted molar refractivity (Wildman–Crippen MR) is 73.5 cm³/mol. The van der Waals surface area contributed by atoms with E-state index in [9.17, 15) is 9.90 Å². The summed E-state index contributed by atoms with van der Waals surface area (Å²) in [6.07, 6.45) is 4.17. The number of hydrogen-bond donors (Lipinski definition) is 1. The van der Waals surface area contributed by atoms with E-state index >= 15 is 0 Å². The van der Waals surface area contributed by atoms with E-state index in [0.29, 0.717) is 18.8 Å². The summed E-state index contributed by atoms with van der Waals surface area (Å²) in [5.74, 6) is 0.215. The fourth-order valence-corrected chi connectivity index (χ4v) is 3.97. The molecule has 0 saturated heterocycles. The fraction of sp³-hybridized carbons (Fsp3) is 0.562. The summed E-state index contributed by atoms with van der Waals surface area (Å²) >= 11 is 0. The zero-order valence-electron chi connectivity index (χ0n) is 11.8. The lowest BCUT2D eigenvalue weighted by Crippen LogP contribution is -2.47. The van der Waals surface area contributed by atoms with Gasteiger partial charge in [-0.1, -0.05) is 12.8 Å². The minimum Gasteiger partial charge on any atom is -0.481 e. The van der Waals surface area contributed by atoms with Crippen molar-refractivity contribution in [2.75, 3.05) is 13.4 Å². The molecule has 112 valence electrons. The van der Waals surface area contributed by atoms with E-state index in [4.69, 9.17) is 14.2 Å². The van der Waals surface area contributed by atoms with Crippen molar-refractivity contribution < 1.29 is 24.1 Å². The van der Waals surface area contributed by atoms with Crippen LogP contribution in [-0.4, -0.2) is 24.5 Å². The van der Waals surface area contributed by atoms with Crippen LogP contribution in [0.1, 0.15) is 36.8 Å². The summed E-state index contributed by atoms with van der Waals surface area (Å²) in [5, 5.41) is 9.64. The summed E-state index contributed by atoms with van der Waals surface area (Å²) < 4.78 is 17.0. The number of hydrogen-bond acceptors (Lipinski definition) is 4. The summed E-state index contributed by atoms with van der Waals surface area (Å²) in [4.78, 5) is 11.7. The molecule has 0 radical (unpaired) electrons. The summed E-state index contributed by atoms with van der Waals surface area (Å²) in [7, 11) is 0. The molecule has 4 rings (SSSR count). The van der Waals surface area contributed by atoms with Crippen molar-refractivity contribution >= 4 is 5.97 Å². The molecule has 0 unspecified atom stereocenters. The number of carboxylic acid groups (broad SMARTS) is 1. The van der Waals surface area contributed by atoms with Crippen molar-refractivity contribution in [3.63, 3.8) is 0 Å². The lowest BCUT2D eigenvalue weighted by atomic mass is 9.68. The molecule has 1 aromatic rings. The number of benzene rings is 1. The molecule has 3 aliphatic rings. The highest BCUT2D eigenvalue weighted by molar-refractivity contribution is 5.73. The van der Waals surface area contributed by atoms with Crippen molar-refractivity contribution in [2.45, 2.75) is 37.7 Å². The van der Waals surface area contributed by atoms with Crippen LogP contribution in [0, 0.1) is 5.92 Å². The number of ether oxygens (including phenoxy) is 3. The zero-order chi connectivity index (χ0) is 14.4. The molecular weight excluding hydrogens is 272 g/mol. The first-order chi connectivity index (χ1) is 10.2. The maximum absolute atomic E-state index is 11.7. The van der Waals surface area contributed by atoms with Gasteiger partial charge in [-0.15, -0.1) is 0 Å². The number of carbonyl (C=O) groups is 1. The Hall–Kier alpha value is -1.75. The van der Waals surface area contributed by atoms with E-state index in [1.165, 1.54) is 0 Å². The molecule has 0 aromatic heterocycles. The van der Waals surface area contributed by atoms with Gasteiger partial charge in [-0.2, -0.15) is 0 Å². The highest BCUT2D eigenvalue weighted by atomic mass is 16.7. The van der Waals surface area contributed by atoms with Crippen molar-refractivity contribution in [1.29, 1.82) is 0 Å². The molecule has 5 heteroatoms. The second kappa shape index (κ2) is 4.63. The molecule has 1 aromatic carbocycles. The quantitative estimate of drug-likeness (QED) is 0.860. The van der Waals surface area contributed by atoms with Gasteiger partial charge in [-0.25, -0.2) is 0 Å². The zero-order valence-corrected chi connectivity index (χ0v) is 11.8. The molecular formula is C16H18O5. The predicted octanol–water partition coefficient (Wildman–Crippen LogP) is 2.46. The van der Waals surface area contributed by atoms with Gasteiger partial charge in [-0.3, -0.25) is 4.79 Å². The van der Waals surface area contributed by atoms with Crippen molar-refractivity contribution in [2.24, 2.45) is 5.92 Å². The fourth-order valence-electron chi connectivity index (χ4n) is 3.97. The number of rotatable bonds is 1. The minimum atomic E-state index is -0.764. The third-order valence-electron chi connectivity index (χ3n) is 4.94. The number of aliphatic carboxylic acids is 1. The molecule has 1 aliphatic carbocycles. The van der Waals surface area contributed by atoms with Gasteiger partial charge in [0.2, 0.25) is 6.79 Å². The molecule has 1 fully saturated rings. The maximum Gasteiger partial charge on any atom is 0.309 e. The Morgan fingerprint density at radius 3 is 2.86 bits per heavy atom. The average Bonchev–Trinajstić information content (AvgIpc) is 2.93. The highest BCUT2D eigenvalue weighted by Crippen LogP contribution is 2.50. The molecule has 2 aliphatic heterocycles. The van der Waals surface area contributed by atoms with Gasteiger partial charge in [0, 0.05) is 0 Å². The van der Waals surface area contributed by atoms with Crippen LogP contribution in [0.15, 0.2) is 12.1 Å². The van der Waals surface area contributed by atoms with Crippen LogP contribution in [0.4, 0.5) is 0 Å². The van der Waals surface area contributed by atoms with Gasteiger partial charge in [0.25, 0.3) is 0 Å². The van der Waals surface area contributed by atoms with Crippen LogP contribution in [0.2, 0.25) is 0 Å². The van der Waals surface area contributed by atoms with Gasteiger partial charge < -0.3 is 19.3 Å². The maximum atomic E-state index is 11.7. The Bertz CT molecular complexity index is 597. The second-order valence-electron chi connectivity index (χ2n) is 5.99.